The molecule has 3 heteroatoms. The van der Waals surface area contributed by atoms with Crippen LogP contribution in [0.5, 0.6) is 0 Å². The number of carbonyl (C=O) groups excluding carboxylic acids is 1. The van der Waals surface area contributed by atoms with Crippen LogP contribution < -0.4 is 5.43 Å². The summed E-state index contributed by atoms with van der Waals surface area (Å²) in [5.41, 5.74) is 10.5. The predicted molar refractivity (Wildman–Crippen MR) is 119 cm³/mol. The second-order valence-corrected chi connectivity index (χ2v) is 7.18. The lowest BCUT2D eigenvalue weighted by Gasteiger charge is -2.16. The lowest BCUT2D eigenvalue weighted by atomic mass is 9.95. The van der Waals surface area contributed by atoms with E-state index in [4.69, 9.17) is 0 Å². The molecule has 3 aromatic carbocycles. The summed E-state index contributed by atoms with van der Waals surface area (Å²) in [5, 5.41) is 0. The van der Waals surface area contributed by atoms with Crippen molar-refractivity contribution in [2.45, 2.75) is 20.3 Å². The van der Waals surface area contributed by atoms with Gasteiger partial charge < -0.3 is 0 Å². The van der Waals surface area contributed by atoms with Crippen LogP contribution >= 0.6 is 0 Å². The number of nitrogens with zero attached hydrogens (tertiary/aromatic N) is 1. The standard InChI is InChI=1S/C26H24N2O/c1-19-25(20(2)29)26(22-14-8-4-9-15-22)24(18-21-12-6-3-7-13-21)28(19)27-23-16-10-5-11-17-23/h3-17,27H,18H2,1-2H3. The number of anilines is 1. The van der Waals surface area contributed by atoms with Crippen molar-refractivity contribution in [2.24, 2.45) is 0 Å². The van der Waals surface area contributed by atoms with E-state index < -0.39 is 0 Å². The number of hydrogen-bond donors (Lipinski definition) is 1. The zero-order valence-electron chi connectivity index (χ0n) is 16.7. The first kappa shape index (κ1) is 18.8. The molecule has 144 valence electrons. The van der Waals surface area contributed by atoms with E-state index in [1.807, 2.05) is 73.7 Å². The van der Waals surface area contributed by atoms with Crippen LogP contribution in [0.1, 0.15) is 34.2 Å². The predicted octanol–water partition coefficient (Wildman–Crippen LogP) is 6.13. The Labute approximate surface area is 171 Å². The zero-order valence-corrected chi connectivity index (χ0v) is 16.7. The monoisotopic (exact) mass is 380 g/mol. The van der Waals surface area contributed by atoms with Gasteiger partial charge in [0, 0.05) is 23.2 Å². The maximum atomic E-state index is 12.7. The SMILES string of the molecule is CC(=O)c1c(-c2ccccc2)c(Cc2ccccc2)n(Nc2ccccc2)c1C. The van der Waals surface area contributed by atoms with Crippen LogP contribution in [0.4, 0.5) is 5.69 Å². The quantitative estimate of drug-likeness (QED) is 0.408. The molecule has 0 aliphatic carbocycles. The Bertz CT molecular complexity index is 1110. The minimum absolute atomic E-state index is 0.0734. The number of carbonyl (C=O) groups is 1. The third kappa shape index (κ3) is 3.85. The van der Waals surface area contributed by atoms with E-state index in [-0.39, 0.29) is 5.78 Å². The van der Waals surface area contributed by atoms with Gasteiger partial charge in [-0.2, -0.15) is 0 Å². The third-order valence-electron chi connectivity index (χ3n) is 5.15. The highest BCUT2D eigenvalue weighted by atomic mass is 16.1. The number of benzene rings is 3. The van der Waals surface area contributed by atoms with Gasteiger partial charge in [-0.1, -0.05) is 78.9 Å². The van der Waals surface area contributed by atoms with Crippen LogP contribution in [0, 0.1) is 6.92 Å². The van der Waals surface area contributed by atoms with Gasteiger partial charge in [-0.3, -0.25) is 14.9 Å². The normalized spacial score (nSPS) is 10.7. The van der Waals surface area contributed by atoms with Gasteiger partial charge in [0.25, 0.3) is 0 Å². The van der Waals surface area contributed by atoms with Crippen molar-refractivity contribution in [2.75, 3.05) is 5.43 Å². The summed E-state index contributed by atoms with van der Waals surface area (Å²) in [6.07, 6.45) is 0.721. The number of hydrogen-bond acceptors (Lipinski definition) is 2. The number of para-hydroxylation sites is 1. The van der Waals surface area contributed by atoms with Crippen LogP contribution in [0.3, 0.4) is 0 Å². The van der Waals surface area contributed by atoms with Crippen molar-refractivity contribution in [3.63, 3.8) is 0 Å². The van der Waals surface area contributed by atoms with Gasteiger partial charge in [-0.25, -0.2) is 0 Å². The average Bonchev–Trinajstić information content (AvgIpc) is 3.02. The fraction of sp³-hybridized carbons (Fsp3) is 0.115. The van der Waals surface area contributed by atoms with Gasteiger partial charge in [0.2, 0.25) is 0 Å². The van der Waals surface area contributed by atoms with Crippen molar-refractivity contribution in [3.05, 3.63) is 114 Å². The zero-order chi connectivity index (χ0) is 20.2. The van der Waals surface area contributed by atoms with Crippen LogP contribution in [0.25, 0.3) is 11.1 Å². The first-order chi connectivity index (χ1) is 14.1. The summed E-state index contributed by atoms with van der Waals surface area (Å²) in [6, 6.07) is 30.6. The van der Waals surface area contributed by atoms with Crippen molar-refractivity contribution in [1.29, 1.82) is 0 Å². The Balaban J connectivity index is 1.94. The Morgan fingerprint density at radius 2 is 1.38 bits per heavy atom. The molecule has 0 unspecified atom stereocenters. The lowest BCUT2D eigenvalue weighted by Crippen LogP contribution is -2.15. The van der Waals surface area contributed by atoms with E-state index in [9.17, 15) is 4.79 Å². The second-order valence-electron chi connectivity index (χ2n) is 7.18. The summed E-state index contributed by atoms with van der Waals surface area (Å²) < 4.78 is 2.07. The summed E-state index contributed by atoms with van der Waals surface area (Å²) in [6.45, 7) is 3.65. The summed E-state index contributed by atoms with van der Waals surface area (Å²) in [4.78, 5) is 12.7. The topological polar surface area (TPSA) is 34.0 Å². The fourth-order valence-corrected chi connectivity index (χ4v) is 3.85. The molecule has 0 atom stereocenters. The Morgan fingerprint density at radius 3 is 1.97 bits per heavy atom. The van der Waals surface area contributed by atoms with E-state index >= 15 is 0 Å². The number of aromatic nitrogens is 1. The number of ketones is 1. The molecule has 0 saturated heterocycles. The van der Waals surface area contributed by atoms with E-state index in [0.29, 0.717) is 0 Å². The highest BCUT2D eigenvalue weighted by Crippen LogP contribution is 2.34. The van der Waals surface area contributed by atoms with Gasteiger partial charge in [0.1, 0.15) is 0 Å². The van der Waals surface area contributed by atoms with Crippen molar-refractivity contribution >= 4 is 11.5 Å². The maximum Gasteiger partial charge on any atom is 0.162 e. The first-order valence-corrected chi connectivity index (χ1v) is 9.81. The molecule has 0 fully saturated rings. The summed E-state index contributed by atoms with van der Waals surface area (Å²) in [7, 11) is 0. The molecule has 29 heavy (non-hydrogen) atoms. The molecule has 1 aromatic heterocycles. The molecule has 0 aliphatic rings. The minimum Gasteiger partial charge on any atom is -0.294 e. The molecule has 1 N–H and O–H groups in total. The molecule has 4 rings (SSSR count). The molecule has 0 radical (unpaired) electrons. The van der Waals surface area contributed by atoms with Crippen molar-refractivity contribution < 1.29 is 4.79 Å². The Morgan fingerprint density at radius 1 is 0.828 bits per heavy atom. The van der Waals surface area contributed by atoms with Gasteiger partial charge in [0.05, 0.1) is 11.4 Å². The van der Waals surface area contributed by atoms with Crippen LogP contribution in [-0.4, -0.2) is 10.5 Å². The fourth-order valence-electron chi connectivity index (χ4n) is 3.85. The average molecular weight is 380 g/mol. The van der Waals surface area contributed by atoms with Gasteiger partial charge in [0.15, 0.2) is 5.78 Å². The molecule has 0 amide bonds. The van der Waals surface area contributed by atoms with Crippen molar-refractivity contribution in [1.82, 2.24) is 4.68 Å². The molecule has 0 aliphatic heterocycles. The first-order valence-electron chi connectivity index (χ1n) is 9.81. The van der Waals surface area contributed by atoms with E-state index in [1.54, 1.807) is 6.92 Å². The molecule has 3 nitrogen and oxygen atoms in total. The largest absolute Gasteiger partial charge is 0.294 e. The smallest absolute Gasteiger partial charge is 0.162 e. The molecule has 1 heterocycles. The van der Waals surface area contributed by atoms with Crippen LogP contribution in [0.2, 0.25) is 0 Å². The van der Waals surface area contributed by atoms with Crippen LogP contribution in [-0.2, 0) is 6.42 Å². The molecule has 0 spiro atoms. The van der Waals surface area contributed by atoms with Gasteiger partial charge in [-0.05, 0) is 37.1 Å². The van der Waals surface area contributed by atoms with E-state index in [1.165, 1.54) is 5.56 Å². The Kier molecular flexibility index (Phi) is 5.30. The minimum atomic E-state index is 0.0734. The Hall–Kier alpha value is -3.59. The van der Waals surface area contributed by atoms with E-state index in [0.717, 1.165) is 40.2 Å². The lowest BCUT2D eigenvalue weighted by molar-refractivity contribution is 0.101. The molecular weight excluding hydrogens is 356 g/mol. The number of rotatable bonds is 6. The summed E-state index contributed by atoms with van der Waals surface area (Å²) >= 11 is 0. The number of Topliss-reactive ketones (excluding diaryl/α,β-unsaturated/α-hetero) is 1. The van der Waals surface area contributed by atoms with Gasteiger partial charge >= 0.3 is 0 Å². The molecule has 0 saturated carbocycles. The molecule has 0 bridgehead atoms. The highest BCUT2D eigenvalue weighted by molar-refractivity contribution is 6.03. The van der Waals surface area contributed by atoms with E-state index in [2.05, 4.69) is 34.4 Å². The van der Waals surface area contributed by atoms with Crippen LogP contribution in [0.15, 0.2) is 91.0 Å². The molecule has 4 aromatic rings. The maximum absolute atomic E-state index is 12.7. The summed E-state index contributed by atoms with van der Waals surface area (Å²) in [5.74, 6) is 0.0734. The number of nitrogens with one attached hydrogen (secondary N) is 1. The second kappa shape index (κ2) is 8.19. The molecular formula is C26H24N2O. The van der Waals surface area contributed by atoms with Crippen molar-refractivity contribution in [3.8, 4) is 11.1 Å². The highest BCUT2D eigenvalue weighted by Gasteiger charge is 2.24. The third-order valence-corrected chi connectivity index (χ3v) is 5.15. The van der Waals surface area contributed by atoms with Gasteiger partial charge in [-0.15, -0.1) is 0 Å².